The molecule has 25 heavy (non-hydrogen) atoms. The number of hydrogen-bond acceptors (Lipinski definition) is 3. The van der Waals surface area contributed by atoms with Crippen LogP contribution in [0.1, 0.15) is 33.3 Å². The van der Waals surface area contributed by atoms with Crippen LogP contribution in [0.3, 0.4) is 0 Å². The number of aryl methyl sites for hydroxylation is 1. The Hall–Kier alpha value is -2.34. The fourth-order valence-corrected chi connectivity index (χ4v) is 3.12. The van der Waals surface area contributed by atoms with E-state index in [4.69, 9.17) is 0 Å². The number of nitrogens with zero attached hydrogens (tertiary/aromatic N) is 2. The maximum Gasteiger partial charge on any atom is 0.253 e. The predicted molar refractivity (Wildman–Crippen MR) is 105 cm³/mol. The Morgan fingerprint density at radius 1 is 1.16 bits per heavy atom. The normalized spacial score (nSPS) is 11.3. The molecule has 0 saturated carbocycles. The Morgan fingerprint density at radius 3 is 2.44 bits per heavy atom. The molecule has 1 heterocycles. The zero-order chi connectivity index (χ0) is 18.2. The highest BCUT2D eigenvalue weighted by molar-refractivity contribution is 7.10. The fraction of sp³-hybridized carbons (Fsp3) is 0.368. The van der Waals surface area contributed by atoms with Crippen molar-refractivity contribution in [2.24, 2.45) is 4.99 Å². The van der Waals surface area contributed by atoms with Gasteiger partial charge in [-0.25, -0.2) is 4.99 Å². The van der Waals surface area contributed by atoms with Gasteiger partial charge in [0.15, 0.2) is 5.96 Å². The number of rotatable bonds is 6. The molecule has 1 aromatic carbocycles. The molecule has 0 radical (unpaired) electrons. The Bertz CT molecular complexity index is 719. The molecule has 6 heteroatoms. The first kappa shape index (κ1) is 19.0. The highest BCUT2D eigenvalue weighted by atomic mass is 32.1. The molecular weight excluding hydrogens is 332 g/mol. The van der Waals surface area contributed by atoms with Crippen molar-refractivity contribution in [1.82, 2.24) is 15.5 Å². The van der Waals surface area contributed by atoms with Crippen LogP contribution in [0.2, 0.25) is 0 Å². The minimum absolute atomic E-state index is 0.0105. The molecule has 2 N–H and O–H groups in total. The van der Waals surface area contributed by atoms with Gasteiger partial charge in [-0.3, -0.25) is 4.79 Å². The second kappa shape index (κ2) is 9.22. The maximum atomic E-state index is 11.9. The Kier molecular flexibility index (Phi) is 7.01. The molecule has 2 aromatic rings. The van der Waals surface area contributed by atoms with Crippen molar-refractivity contribution in [3.05, 3.63) is 57.3 Å². The zero-order valence-electron chi connectivity index (χ0n) is 15.3. The minimum atomic E-state index is 0.0105. The number of carbonyl (C=O) groups is 1. The molecular formula is C19H26N4OS. The number of thiophene rings is 1. The summed E-state index contributed by atoms with van der Waals surface area (Å²) in [5.74, 6) is 0.806. The van der Waals surface area contributed by atoms with E-state index in [1.165, 1.54) is 10.4 Å². The largest absolute Gasteiger partial charge is 0.357 e. The van der Waals surface area contributed by atoms with Crippen LogP contribution in [0.25, 0.3) is 0 Å². The van der Waals surface area contributed by atoms with Crippen LogP contribution in [-0.4, -0.2) is 37.4 Å². The van der Waals surface area contributed by atoms with Crippen molar-refractivity contribution in [2.45, 2.75) is 26.9 Å². The van der Waals surface area contributed by atoms with Gasteiger partial charge in [-0.1, -0.05) is 12.1 Å². The van der Waals surface area contributed by atoms with Gasteiger partial charge in [0.2, 0.25) is 0 Å². The van der Waals surface area contributed by atoms with Crippen LogP contribution < -0.4 is 10.6 Å². The molecule has 0 atom stereocenters. The quantitative estimate of drug-likeness (QED) is 0.616. The lowest BCUT2D eigenvalue weighted by atomic mass is 10.1. The molecule has 2 rings (SSSR count). The molecule has 0 fully saturated rings. The van der Waals surface area contributed by atoms with Crippen LogP contribution in [0.5, 0.6) is 0 Å². The Balaban J connectivity index is 1.98. The highest BCUT2D eigenvalue weighted by Gasteiger charge is 2.07. The second-order valence-electron chi connectivity index (χ2n) is 5.97. The summed E-state index contributed by atoms with van der Waals surface area (Å²) in [7, 11) is 3.51. The molecule has 0 saturated heterocycles. The number of hydrogen-bond donors (Lipinski definition) is 2. The van der Waals surface area contributed by atoms with Gasteiger partial charge in [-0.15, -0.1) is 11.3 Å². The van der Waals surface area contributed by atoms with Gasteiger partial charge in [0.05, 0.1) is 13.1 Å². The van der Waals surface area contributed by atoms with Gasteiger partial charge < -0.3 is 15.5 Å². The van der Waals surface area contributed by atoms with Crippen molar-refractivity contribution in [3.8, 4) is 0 Å². The van der Waals surface area contributed by atoms with Gasteiger partial charge >= 0.3 is 0 Å². The van der Waals surface area contributed by atoms with Crippen molar-refractivity contribution < 1.29 is 4.79 Å². The van der Waals surface area contributed by atoms with Gasteiger partial charge in [0.1, 0.15) is 0 Å². The standard InChI is InChI=1S/C19H26N4OS/c1-5-20-19(22-13-17-14(2)10-11-25-17)21-12-15-6-8-16(9-7-15)18(24)23(3)4/h6-11H,5,12-13H2,1-4H3,(H2,20,21,22). The second-order valence-corrected chi connectivity index (χ2v) is 6.97. The summed E-state index contributed by atoms with van der Waals surface area (Å²) >= 11 is 1.75. The van der Waals surface area contributed by atoms with Crippen LogP contribution in [-0.2, 0) is 13.1 Å². The molecule has 0 bridgehead atoms. The van der Waals surface area contributed by atoms with E-state index >= 15 is 0 Å². The summed E-state index contributed by atoms with van der Waals surface area (Å²) in [6, 6.07) is 9.73. The van der Waals surface area contributed by atoms with Crippen LogP contribution in [0, 0.1) is 6.92 Å². The van der Waals surface area contributed by atoms with Crippen molar-refractivity contribution in [1.29, 1.82) is 0 Å². The van der Waals surface area contributed by atoms with Crippen LogP contribution in [0.4, 0.5) is 0 Å². The number of carbonyl (C=O) groups excluding carboxylic acids is 1. The molecule has 0 spiro atoms. The zero-order valence-corrected chi connectivity index (χ0v) is 16.1. The van der Waals surface area contributed by atoms with Gasteiger partial charge in [0.25, 0.3) is 5.91 Å². The van der Waals surface area contributed by atoms with Gasteiger partial charge in [0, 0.05) is 31.1 Å². The lowest BCUT2D eigenvalue weighted by Crippen LogP contribution is -2.36. The van der Waals surface area contributed by atoms with Crippen molar-refractivity contribution in [3.63, 3.8) is 0 Å². The fourth-order valence-electron chi connectivity index (χ4n) is 2.27. The van der Waals surface area contributed by atoms with E-state index in [0.29, 0.717) is 12.1 Å². The average Bonchev–Trinajstić information content (AvgIpc) is 3.02. The Morgan fingerprint density at radius 2 is 1.88 bits per heavy atom. The summed E-state index contributed by atoms with van der Waals surface area (Å²) in [5.41, 5.74) is 3.06. The van der Waals surface area contributed by atoms with Crippen LogP contribution >= 0.6 is 11.3 Å². The molecule has 0 aliphatic carbocycles. The molecule has 0 aliphatic heterocycles. The van der Waals surface area contributed by atoms with E-state index in [-0.39, 0.29) is 5.91 Å². The summed E-state index contributed by atoms with van der Waals surface area (Å²) in [6.07, 6.45) is 0. The first-order valence-electron chi connectivity index (χ1n) is 8.37. The van der Waals surface area contributed by atoms with Crippen LogP contribution in [0.15, 0.2) is 40.7 Å². The van der Waals surface area contributed by atoms with E-state index in [0.717, 1.165) is 24.6 Å². The van der Waals surface area contributed by atoms with Gasteiger partial charge in [-0.05, 0) is 48.6 Å². The van der Waals surface area contributed by atoms with E-state index in [1.54, 1.807) is 30.3 Å². The third-order valence-electron chi connectivity index (χ3n) is 3.76. The number of guanidine groups is 1. The lowest BCUT2D eigenvalue weighted by molar-refractivity contribution is 0.0827. The number of benzene rings is 1. The topological polar surface area (TPSA) is 56.7 Å². The first-order chi connectivity index (χ1) is 12.0. The summed E-state index contributed by atoms with van der Waals surface area (Å²) < 4.78 is 0. The van der Waals surface area contributed by atoms with E-state index in [2.05, 4.69) is 40.9 Å². The highest BCUT2D eigenvalue weighted by Crippen LogP contribution is 2.14. The third-order valence-corrected chi connectivity index (χ3v) is 4.78. The Labute approximate surface area is 153 Å². The maximum absolute atomic E-state index is 11.9. The first-order valence-corrected chi connectivity index (χ1v) is 9.25. The van der Waals surface area contributed by atoms with E-state index in [9.17, 15) is 4.79 Å². The van der Waals surface area contributed by atoms with E-state index in [1.807, 2.05) is 24.3 Å². The van der Waals surface area contributed by atoms with Crippen molar-refractivity contribution in [2.75, 3.05) is 20.6 Å². The van der Waals surface area contributed by atoms with Gasteiger partial charge in [-0.2, -0.15) is 0 Å². The molecule has 0 unspecified atom stereocenters. The number of amides is 1. The summed E-state index contributed by atoms with van der Waals surface area (Å²) in [5, 5.41) is 8.73. The smallest absolute Gasteiger partial charge is 0.253 e. The SMILES string of the molecule is CCNC(=NCc1ccc(C(=O)N(C)C)cc1)NCc1sccc1C. The lowest BCUT2D eigenvalue weighted by Gasteiger charge is -2.12. The summed E-state index contributed by atoms with van der Waals surface area (Å²) in [6.45, 7) is 6.32. The number of nitrogens with one attached hydrogen (secondary N) is 2. The molecule has 134 valence electrons. The molecule has 5 nitrogen and oxygen atoms in total. The average molecular weight is 359 g/mol. The third kappa shape index (κ3) is 5.60. The minimum Gasteiger partial charge on any atom is -0.357 e. The molecule has 1 amide bonds. The van der Waals surface area contributed by atoms with Crippen molar-refractivity contribution >= 4 is 23.2 Å². The monoisotopic (exact) mass is 358 g/mol. The molecule has 0 aliphatic rings. The predicted octanol–water partition coefficient (Wildman–Crippen LogP) is 3.01. The van der Waals surface area contributed by atoms with E-state index < -0.39 is 0 Å². The summed E-state index contributed by atoms with van der Waals surface area (Å²) in [4.78, 5) is 19.4. The molecule has 1 aromatic heterocycles. The number of aliphatic imine (C=N–C) groups is 1.